The minimum Gasteiger partial charge on any atom is -0.310 e. The van der Waals surface area contributed by atoms with E-state index in [1.165, 1.54) is 12.1 Å². The minimum absolute atomic E-state index is 0.0996. The summed E-state index contributed by atoms with van der Waals surface area (Å²) in [6, 6.07) is 11.8. The van der Waals surface area contributed by atoms with Crippen molar-refractivity contribution in [2.45, 2.75) is 31.6 Å². The van der Waals surface area contributed by atoms with Crippen molar-refractivity contribution in [2.24, 2.45) is 0 Å². The zero-order chi connectivity index (χ0) is 14.9. The third-order valence-electron chi connectivity index (χ3n) is 4.15. The van der Waals surface area contributed by atoms with Gasteiger partial charge in [0.2, 0.25) is 5.91 Å². The van der Waals surface area contributed by atoms with E-state index in [9.17, 15) is 9.18 Å². The minimum atomic E-state index is -0.618. The van der Waals surface area contributed by atoms with E-state index in [1.54, 1.807) is 12.1 Å². The Morgan fingerprint density at radius 3 is 2.62 bits per heavy atom. The van der Waals surface area contributed by atoms with Gasteiger partial charge in [0.05, 0.1) is 5.41 Å². The number of carbonyl (C=O) groups is 1. The molecule has 0 saturated heterocycles. The molecule has 108 valence electrons. The van der Waals surface area contributed by atoms with Gasteiger partial charge in [0.25, 0.3) is 0 Å². The topological polar surface area (TPSA) is 42.0 Å². The molecular formula is C17H17FN2O. The molecule has 3 nitrogen and oxygen atoms in total. The molecule has 0 aliphatic heterocycles. The van der Waals surface area contributed by atoms with Gasteiger partial charge in [-0.25, -0.2) is 9.37 Å². The average molecular weight is 284 g/mol. The summed E-state index contributed by atoms with van der Waals surface area (Å²) in [5.41, 5.74) is 0.980. The van der Waals surface area contributed by atoms with Gasteiger partial charge in [-0.1, -0.05) is 24.6 Å². The molecule has 1 aliphatic rings. The van der Waals surface area contributed by atoms with Gasteiger partial charge >= 0.3 is 0 Å². The molecule has 2 aromatic rings. The summed E-state index contributed by atoms with van der Waals surface area (Å²) >= 11 is 0. The first kappa shape index (κ1) is 13.7. The van der Waals surface area contributed by atoms with Gasteiger partial charge in [0.15, 0.2) is 0 Å². The number of carbonyl (C=O) groups excluding carboxylic acids is 1. The van der Waals surface area contributed by atoms with Gasteiger partial charge in [-0.15, -0.1) is 0 Å². The fourth-order valence-corrected chi connectivity index (χ4v) is 2.81. The van der Waals surface area contributed by atoms with Crippen molar-refractivity contribution >= 4 is 11.7 Å². The zero-order valence-electron chi connectivity index (χ0n) is 11.9. The van der Waals surface area contributed by atoms with E-state index in [0.717, 1.165) is 30.5 Å². The molecule has 1 aromatic carbocycles. The SMILES string of the molecule is Cc1cccc(NC(=O)C2(c3cccc(F)c3)CCC2)n1. The first-order valence-electron chi connectivity index (χ1n) is 7.11. The number of nitrogens with zero attached hydrogens (tertiary/aromatic N) is 1. The molecule has 0 bridgehead atoms. The van der Waals surface area contributed by atoms with Gasteiger partial charge in [-0.05, 0) is 49.6 Å². The van der Waals surface area contributed by atoms with Gasteiger partial charge < -0.3 is 5.32 Å². The molecule has 1 amide bonds. The Labute approximate surface area is 123 Å². The Hall–Kier alpha value is -2.23. The lowest BCUT2D eigenvalue weighted by molar-refractivity contribution is -0.124. The van der Waals surface area contributed by atoms with Crippen LogP contribution in [-0.4, -0.2) is 10.9 Å². The van der Waals surface area contributed by atoms with E-state index in [1.807, 2.05) is 25.1 Å². The zero-order valence-corrected chi connectivity index (χ0v) is 11.9. The highest BCUT2D eigenvalue weighted by Gasteiger charge is 2.45. The number of hydrogen-bond donors (Lipinski definition) is 1. The number of pyridine rings is 1. The maximum Gasteiger partial charge on any atom is 0.236 e. The lowest BCUT2D eigenvalue weighted by atomic mass is 9.64. The van der Waals surface area contributed by atoms with Crippen molar-refractivity contribution in [2.75, 3.05) is 5.32 Å². The number of amides is 1. The second kappa shape index (κ2) is 5.28. The van der Waals surface area contributed by atoms with Crippen molar-refractivity contribution in [3.8, 4) is 0 Å². The van der Waals surface area contributed by atoms with E-state index >= 15 is 0 Å². The monoisotopic (exact) mass is 284 g/mol. The van der Waals surface area contributed by atoms with Crippen LogP contribution in [0, 0.1) is 12.7 Å². The number of halogens is 1. The largest absolute Gasteiger partial charge is 0.310 e. The summed E-state index contributed by atoms with van der Waals surface area (Å²) in [7, 11) is 0. The molecule has 1 N–H and O–H groups in total. The highest BCUT2D eigenvalue weighted by Crippen LogP contribution is 2.44. The second-order valence-electron chi connectivity index (χ2n) is 5.56. The Morgan fingerprint density at radius 1 is 1.24 bits per heavy atom. The van der Waals surface area contributed by atoms with Crippen LogP contribution < -0.4 is 5.32 Å². The molecule has 0 radical (unpaired) electrons. The molecular weight excluding hydrogens is 267 g/mol. The van der Waals surface area contributed by atoms with Crippen molar-refractivity contribution in [1.29, 1.82) is 0 Å². The first-order valence-corrected chi connectivity index (χ1v) is 7.11. The molecule has 1 aliphatic carbocycles. The molecule has 1 aromatic heterocycles. The molecule has 0 unspecified atom stereocenters. The quantitative estimate of drug-likeness (QED) is 0.936. The number of benzene rings is 1. The van der Waals surface area contributed by atoms with Crippen molar-refractivity contribution in [3.05, 3.63) is 59.5 Å². The summed E-state index contributed by atoms with van der Waals surface area (Å²) in [6.07, 6.45) is 2.47. The van der Waals surface area contributed by atoms with E-state index in [-0.39, 0.29) is 11.7 Å². The fraction of sp³-hybridized carbons (Fsp3) is 0.294. The van der Waals surface area contributed by atoms with Crippen LogP contribution in [0.2, 0.25) is 0 Å². The molecule has 1 heterocycles. The predicted molar refractivity (Wildman–Crippen MR) is 79.5 cm³/mol. The van der Waals surface area contributed by atoms with Crippen molar-refractivity contribution in [1.82, 2.24) is 4.98 Å². The molecule has 0 atom stereocenters. The van der Waals surface area contributed by atoms with Crippen LogP contribution in [0.15, 0.2) is 42.5 Å². The molecule has 21 heavy (non-hydrogen) atoms. The molecule has 0 spiro atoms. The summed E-state index contributed by atoms with van der Waals surface area (Å²) in [4.78, 5) is 17.0. The standard InChI is InChI=1S/C17H17FN2O/c1-12-5-2-8-15(19-12)20-16(21)17(9-4-10-17)13-6-3-7-14(18)11-13/h2-3,5-8,11H,4,9-10H2,1H3,(H,19,20,21). The maximum atomic E-state index is 13.5. The van der Waals surface area contributed by atoms with Gasteiger partial charge in [-0.2, -0.15) is 0 Å². The van der Waals surface area contributed by atoms with Gasteiger partial charge in [0, 0.05) is 5.69 Å². The third kappa shape index (κ3) is 2.53. The van der Waals surface area contributed by atoms with Crippen LogP contribution in [0.1, 0.15) is 30.5 Å². The van der Waals surface area contributed by atoms with Crippen molar-refractivity contribution < 1.29 is 9.18 Å². The number of nitrogens with one attached hydrogen (secondary N) is 1. The number of anilines is 1. The van der Waals surface area contributed by atoms with Crippen LogP contribution in [0.5, 0.6) is 0 Å². The molecule has 1 fully saturated rings. The van der Waals surface area contributed by atoms with Crippen LogP contribution >= 0.6 is 0 Å². The molecule has 3 rings (SSSR count). The van der Waals surface area contributed by atoms with Crippen molar-refractivity contribution in [3.63, 3.8) is 0 Å². The second-order valence-corrected chi connectivity index (χ2v) is 5.56. The summed E-state index contributed by atoms with van der Waals surface area (Å²) < 4.78 is 13.5. The Kier molecular flexibility index (Phi) is 3.45. The third-order valence-corrected chi connectivity index (χ3v) is 4.15. The van der Waals surface area contributed by atoms with Crippen LogP contribution in [0.4, 0.5) is 10.2 Å². The van der Waals surface area contributed by atoms with E-state index in [0.29, 0.717) is 5.82 Å². The molecule has 4 heteroatoms. The van der Waals surface area contributed by atoms with Crippen LogP contribution in [0.25, 0.3) is 0 Å². The summed E-state index contributed by atoms with van der Waals surface area (Å²) in [5, 5.41) is 2.87. The Morgan fingerprint density at radius 2 is 2.00 bits per heavy atom. The summed E-state index contributed by atoms with van der Waals surface area (Å²) in [6.45, 7) is 1.88. The van der Waals surface area contributed by atoms with Gasteiger partial charge in [0.1, 0.15) is 11.6 Å². The molecule has 1 saturated carbocycles. The Balaban J connectivity index is 1.87. The lowest BCUT2D eigenvalue weighted by Crippen LogP contribution is -2.46. The Bertz CT molecular complexity index is 680. The van der Waals surface area contributed by atoms with E-state index in [2.05, 4.69) is 10.3 Å². The number of aryl methyl sites for hydroxylation is 1. The number of rotatable bonds is 3. The van der Waals surface area contributed by atoms with Crippen LogP contribution in [-0.2, 0) is 10.2 Å². The first-order chi connectivity index (χ1) is 10.1. The predicted octanol–water partition coefficient (Wildman–Crippen LogP) is 3.59. The smallest absolute Gasteiger partial charge is 0.236 e. The lowest BCUT2D eigenvalue weighted by Gasteiger charge is -2.40. The highest BCUT2D eigenvalue weighted by atomic mass is 19.1. The number of hydrogen-bond acceptors (Lipinski definition) is 2. The van der Waals surface area contributed by atoms with E-state index < -0.39 is 5.41 Å². The van der Waals surface area contributed by atoms with Gasteiger partial charge in [-0.3, -0.25) is 4.79 Å². The average Bonchev–Trinajstić information content (AvgIpc) is 2.37. The normalized spacial score (nSPS) is 16.1. The van der Waals surface area contributed by atoms with E-state index in [4.69, 9.17) is 0 Å². The highest BCUT2D eigenvalue weighted by molar-refractivity contribution is 5.99. The number of aromatic nitrogens is 1. The fourth-order valence-electron chi connectivity index (χ4n) is 2.81. The summed E-state index contributed by atoms with van der Waals surface area (Å²) in [5.74, 6) is 0.139. The maximum absolute atomic E-state index is 13.5. The van der Waals surface area contributed by atoms with Crippen LogP contribution in [0.3, 0.4) is 0 Å².